The molecule has 0 atom stereocenters. The molecular formula is C15H16N4O. The van der Waals surface area contributed by atoms with Gasteiger partial charge in [0.15, 0.2) is 0 Å². The Labute approximate surface area is 117 Å². The number of benzene rings is 1. The summed E-state index contributed by atoms with van der Waals surface area (Å²) in [6.45, 7) is 4.06. The monoisotopic (exact) mass is 268 g/mol. The predicted molar refractivity (Wildman–Crippen MR) is 78.3 cm³/mol. The van der Waals surface area contributed by atoms with Crippen molar-refractivity contribution in [2.45, 2.75) is 20.4 Å². The number of nitrogens with zero attached hydrogens (tertiary/aromatic N) is 2. The number of hydrogen-bond donors (Lipinski definition) is 3. The third-order valence-corrected chi connectivity index (χ3v) is 3.01. The Bertz CT molecular complexity index is 689. The first-order valence-electron chi connectivity index (χ1n) is 6.21. The average molecular weight is 268 g/mol. The van der Waals surface area contributed by atoms with Crippen LogP contribution in [0.2, 0.25) is 0 Å². The lowest BCUT2D eigenvalue weighted by atomic mass is 10.1. The molecule has 2 aromatic rings. The van der Waals surface area contributed by atoms with E-state index >= 15 is 0 Å². The van der Waals surface area contributed by atoms with Crippen molar-refractivity contribution in [3.8, 4) is 11.8 Å². The van der Waals surface area contributed by atoms with Gasteiger partial charge < -0.3 is 16.2 Å². The summed E-state index contributed by atoms with van der Waals surface area (Å²) in [5, 5.41) is 22.1. The zero-order chi connectivity index (χ0) is 14.7. The maximum Gasteiger partial charge on any atom is 0.120 e. The lowest BCUT2D eigenvalue weighted by molar-refractivity contribution is 0.469. The highest BCUT2D eigenvalue weighted by Gasteiger charge is 2.09. The van der Waals surface area contributed by atoms with Crippen molar-refractivity contribution in [3.63, 3.8) is 0 Å². The molecule has 2 rings (SSSR count). The first-order valence-corrected chi connectivity index (χ1v) is 6.21. The van der Waals surface area contributed by atoms with Crippen molar-refractivity contribution in [1.29, 1.82) is 5.26 Å². The van der Waals surface area contributed by atoms with Gasteiger partial charge in [0.1, 0.15) is 11.8 Å². The SMILES string of the molecule is Cc1cc(NCc2cc(N)ccc2O)c(C#N)c(C)n1. The number of pyridine rings is 1. The minimum absolute atomic E-state index is 0.174. The van der Waals surface area contributed by atoms with Gasteiger partial charge in [-0.05, 0) is 38.1 Å². The Balaban J connectivity index is 2.27. The smallest absolute Gasteiger partial charge is 0.120 e. The molecule has 0 bridgehead atoms. The fraction of sp³-hybridized carbons (Fsp3) is 0.200. The van der Waals surface area contributed by atoms with Crippen molar-refractivity contribution >= 4 is 11.4 Å². The molecule has 5 heteroatoms. The van der Waals surface area contributed by atoms with Crippen LogP contribution in [0, 0.1) is 25.2 Å². The second-order valence-electron chi connectivity index (χ2n) is 4.63. The van der Waals surface area contributed by atoms with Crippen molar-refractivity contribution in [1.82, 2.24) is 4.98 Å². The number of anilines is 2. The summed E-state index contributed by atoms with van der Waals surface area (Å²) in [5.74, 6) is 0.174. The van der Waals surface area contributed by atoms with Crippen LogP contribution in [0.15, 0.2) is 24.3 Å². The topological polar surface area (TPSA) is 95.0 Å². The Hall–Kier alpha value is -2.74. The van der Waals surface area contributed by atoms with Crippen molar-refractivity contribution in [2.24, 2.45) is 0 Å². The van der Waals surface area contributed by atoms with E-state index in [1.54, 1.807) is 25.1 Å². The molecule has 0 radical (unpaired) electrons. The Morgan fingerprint density at radius 3 is 2.80 bits per heavy atom. The number of hydrogen-bond acceptors (Lipinski definition) is 5. The zero-order valence-corrected chi connectivity index (χ0v) is 11.4. The second kappa shape index (κ2) is 5.49. The third kappa shape index (κ3) is 2.81. The summed E-state index contributed by atoms with van der Waals surface area (Å²) >= 11 is 0. The van der Waals surface area contributed by atoms with Gasteiger partial charge in [0.2, 0.25) is 0 Å². The molecule has 4 N–H and O–H groups in total. The molecule has 0 spiro atoms. The lowest BCUT2D eigenvalue weighted by Crippen LogP contribution is -2.05. The minimum Gasteiger partial charge on any atom is -0.508 e. The first kappa shape index (κ1) is 13.7. The molecule has 0 aliphatic rings. The Kier molecular flexibility index (Phi) is 3.76. The van der Waals surface area contributed by atoms with Crippen LogP contribution in [0.4, 0.5) is 11.4 Å². The van der Waals surface area contributed by atoms with E-state index in [0.29, 0.717) is 34.7 Å². The zero-order valence-electron chi connectivity index (χ0n) is 11.4. The Morgan fingerprint density at radius 2 is 2.10 bits per heavy atom. The number of aromatic nitrogens is 1. The molecule has 102 valence electrons. The van der Waals surface area contributed by atoms with Gasteiger partial charge in [0.05, 0.1) is 16.9 Å². The molecule has 0 aliphatic heterocycles. The van der Waals surface area contributed by atoms with Crippen LogP contribution in [-0.2, 0) is 6.54 Å². The van der Waals surface area contributed by atoms with Crippen molar-refractivity contribution in [3.05, 3.63) is 46.8 Å². The fourth-order valence-corrected chi connectivity index (χ4v) is 2.05. The van der Waals surface area contributed by atoms with Gasteiger partial charge in [-0.25, -0.2) is 0 Å². The normalized spacial score (nSPS) is 10.1. The molecule has 0 fully saturated rings. The number of aromatic hydroxyl groups is 1. The second-order valence-corrected chi connectivity index (χ2v) is 4.63. The maximum atomic E-state index is 9.78. The molecule has 0 saturated heterocycles. The highest BCUT2D eigenvalue weighted by Crippen LogP contribution is 2.23. The highest BCUT2D eigenvalue weighted by atomic mass is 16.3. The van der Waals surface area contributed by atoms with E-state index in [0.717, 1.165) is 5.69 Å². The Morgan fingerprint density at radius 1 is 1.35 bits per heavy atom. The number of rotatable bonds is 3. The molecular weight excluding hydrogens is 252 g/mol. The molecule has 1 heterocycles. The van der Waals surface area contributed by atoms with Gasteiger partial charge in [-0.1, -0.05) is 0 Å². The third-order valence-electron chi connectivity index (χ3n) is 3.01. The number of nitrogens with one attached hydrogen (secondary N) is 1. The summed E-state index contributed by atoms with van der Waals surface area (Å²) in [6, 6.07) is 8.85. The summed E-state index contributed by atoms with van der Waals surface area (Å²) in [6.07, 6.45) is 0. The molecule has 1 aromatic carbocycles. The summed E-state index contributed by atoms with van der Waals surface area (Å²) in [4.78, 5) is 4.26. The van der Waals surface area contributed by atoms with E-state index in [-0.39, 0.29) is 5.75 Å². The van der Waals surface area contributed by atoms with E-state index in [2.05, 4.69) is 16.4 Å². The minimum atomic E-state index is 0.174. The van der Waals surface area contributed by atoms with E-state index < -0.39 is 0 Å². The number of nitrogen functional groups attached to an aromatic ring is 1. The van der Waals surface area contributed by atoms with Crippen LogP contribution >= 0.6 is 0 Å². The number of nitriles is 1. The van der Waals surface area contributed by atoms with E-state index in [1.807, 2.05) is 13.0 Å². The molecule has 20 heavy (non-hydrogen) atoms. The average Bonchev–Trinajstić information content (AvgIpc) is 2.39. The van der Waals surface area contributed by atoms with Gasteiger partial charge in [0, 0.05) is 23.5 Å². The molecule has 0 amide bonds. The lowest BCUT2D eigenvalue weighted by Gasteiger charge is -2.12. The summed E-state index contributed by atoms with van der Waals surface area (Å²) in [7, 11) is 0. The van der Waals surface area contributed by atoms with Gasteiger partial charge in [0.25, 0.3) is 0 Å². The number of aryl methyl sites for hydroxylation is 2. The van der Waals surface area contributed by atoms with Crippen molar-refractivity contribution in [2.75, 3.05) is 11.1 Å². The fourth-order valence-electron chi connectivity index (χ4n) is 2.05. The van der Waals surface area contributed by atoms with Gasteiger partial charge in [-0.3, -0.25) is 4.98 Å². The maximum absolute atomic E-state index is 9.78. The van der Waals surface area contributed by atoms with Crippen LogP contribution in [0.25, 0.3) is 0 Å². The van der Waals surface area contributed by atoms with Crippen molar-refractivity contribution < 1.29 is 5.11 Å². The van der Waals surface area contributed by atoms with Gasteiger partial charge in [-0.15, -0.1) is 0 Å². The summed E-state index contributed by atoms with van der Waals surface area (Å²) in [5.41, 5.74) is 9.71. The first-order chi connectivity index (χ1) is 9.51. The van der Waals surface area contributed by atoms with Gasteiger partial charge >= 0.3 is 0 Å². The standard InChI is InChI=1S/C15H16N4O/c1-9-5-14(13(7-16)10(2)19-9)18-8-11-6-12(17)3-4-15(11)20/h3-6,20H,8,17H2,1-2H3,(H,18,19). The van der Waals surface area contributed by atoms with E-state index in [1.165, 1.54) is 0 Å². The van der Waals surface area contributed by atoms with Gasteiger partial charge in [-0.2, -0.15) is 5.26 Å². The largest absolute Gasteiger partial charge is 0.508 e. The van der Waals surface area contributed by atoms with Crippen LogP contribution in [0.5, 0.6) is 5.75 Å². The van der Waals surface area contributed by atoms with Crippen LogP contribution < -0.4 is 11.1 Å². The predicted octanol–water partition coefficient (Wildman–Crippen LogP) is 2.47. The number of phenols is 1. The molecule has 5 nitrogen and oxygen atoms in total. The summed E-state index contributed by atoms with van der Waals surface area (Å²) < 4.78 is 0. The van der Waals surface area contributed by atoms with E-state index in [9.17, 15) is 10.4 Å². The molecule has 0 aliphatic carbocycles. The van der Waals surface area contributed by atoms with Crippen LogP contribution in [-0.4, -0.2) is 10.1 Å². The number of nitrogens with two attached hydrogens (primary N) is 1. The molecule has 0 unspecified atom stereocenters. The molecule has 1 aromatic heterocycles. The highest BCUT2D eigenvalue weighted by molar-refractivity contribution is 5.60. The quantitative estimate of drug-likeness (QED) is 0.587. The van der Waals surface area contributed by atoms with Crippen LogP contribution in [0.3, 0.4) is 0 Å². The van der Waals surface area contributed by atoms with Crippen LogP contribution in [0.1, 0.15) is 22.5 Å². The number of phenolic OH excluding ortho intramolecular Hbond substituents is 1. The molecule has 0 saturated carbocycles. The van der Waals surface area contributed by atoms with E-state index in [4.69, 9.17) is 5.73 Å².